The van der Waals surface area contributed by atoms with E-state index in [-0.39, 0.29) is 12.0 Å². The van der Waals surface area contributed by atoms with E-state index >= 15 is 0 Å². The van der Waals surface area contributed by atoms with Crippen LogP contribution < -0.4 is 0 Å². The second-order valence-corrected chi connectivity index (χ2v) is 3.95. The standard InChI is InChI=1S/C12H14F2O3/c1-3-12(17,11(15)16)7(2)8-5-4-6-9(13)10(8)14/h4-7,17H,3H2,1-2H3,(H,15,16). The summed E-state index contributed by atoms with van der Waals surface area (Å²) < 4.78 is 26.5. The van der Waals surface area contributed by atoms with E-state index in [0.29, 0.717) is 0 Å². The fourth-order valence-corrected chi connectivity index (χ4v) is 1.75. The van der Waals surface area contributed by atoms with Crippen LogP contribution in [-0.4, -0.2) is 21.8 Å². The number of aliphatic carboxylic acids is 1. The molecule has 0 aliphatic rings. The summed E-state index contributed by atoms with van der Waals surface area (Å²) in [5.41, 5.74) is -2.24. The average Bonchev–Trinajstić information content (AvgIpc) is 2.30. The Hall–Kier alpha value is -1.49. The van der Waals surface area contributed by atoms with E-state index in [9.17, 15) is 18.7 Å². The van der Waals surface area contributed by atoms with Crippen LogP contribution in [0, 0.1) is 11.6 Å². The molecule has 0 saturated carbocycles. The van der Waals surface area contributed by atoms with Crippen molar-refractivity contribution in [1.82, 2.24) is 0 Å². The summed E-state index contributed by atoms with van der Waals surface area (Å²) in [5, 5.41) is 18.9. The third kappa shape index (κ3) is 2.29. The largest absolute Gasteiger partial charge is 0.479 e. The Morgan fingerprint density at radius 2 is 2.06 bits per heavy atom. The van der Waals surface area contributed by atoms with Crippen molar-refractivity contribution in [3.8, 4) is 0 Å². The summed E-state index contributed by atoms with van der Waals surface area (Å²) in [6.45, 7) is 2.83. The van der Waals surface area contributed by atoms with Crippen molar-refractivity contribution >= 4 is 5.97 Å². The second-order valence-electron chi connectivity index (χ2n) is 3.95. The summed E-state index contributed by atoms with van der Waals surface area (Å²) in [7, 11) is 0. The molecule has 3 nitrogen and oxygen atoms in total. The molecule has 2 unspecified atom stereocenters. The normalized spacial score (nSPS) is 16.3. The van der Waals surface area contributed by atoms with Gasteiger partial charge in [0.1, 0.15) is 0 Å². The molecular weight excluding hydrogens is 230 g/mol. The Morgan fingerprint density at radius 3 is 2.53 bits per heavy atom. The van der Waals surface area contributed by atoms with Crippen molar-refractivity contribution in [2.75, 3.05) is 0 Å². The van der Waals surface area contributed by atoms with Gasteiger partial charge in [-0.1, -0.05) is 26.0 Å². The molecule has 1 aromatic rings. The highest BCUT2D eigenvalue weighted by atomic mass is 19.2. The van der Waals surface area contributed by atoms with E-state index in [1.807, 2.05) is 0 Å². The number of carboxylic acid groups (broad SMARTS) is 1. The highest BCUT2D eigenvalue weighted by Gasteiger charge is 2.42. The molecule has 1 rings (SSSR count). The van der Waals surface area contributed by atoms with Crippen LogP contribution in [0.5, 0.6) is 0 Å². The molecular formula is C12H14F2O3. The number of halogens is 2. The molecule has 0 aliphatic heterocycles. The van der Waals surface area contributed by atoms with E-state index < -0.39 is 29.1 Å². The molecule has 0 aliphatic carbocycles. The van der Waals surface area contributed by atoms with Gasteiger partial charge in [-0.05, 0) is 18.1 Å². The van der Waals surface area contributed by atoms with Crippen molar-refractivity contribution in [3.05, 3.63) is 35.4 Å². The number of carbonyl (C=O) groups is 1. The lowest BCUT2D eigenvalue weighted by molar-refractivity contribution is -0.161. The minimum absolute atomic E-state index is 0.0978. The quantitative estimate of drug-likeness (QED) is 0.854. The Morgan fingerprint density at radius 1 is 1.47 bits per heavy atom. The molecule has 2 N–H and O–H groups in total. The molecule has 94 valence electrons. The fraction of sp³-hybridized carbons (Fsp3) is 0.417. The highest BCUT2D eigenvalue weighted by molar-refractivity contribution is 5.78. The van der Waals surface area contributed by atoms with Gasteiger partial charge in [0.2, 0.25) is 0 Å². The van der Waals surface area contributed by atoms with Gasteiger partial charge in [-0.3, -0.25) is 0 Å². The maximum Gasteiger partial charge on any atom is 0.336 e. The van der Waals surface area contributed by atoms with Crippen LogP contribution in [0.3, 0.4) is 0 Å². The number of carboxylic acids is 1. The zero-order valence-electron chi connectivity index (χ0n) is 9.58. The number of benzene rings is 1. The summed E-state index contributed by atoms with van der Waals surface area (Å²) in [6.07, 6.45) is -0.0978. The summed E-state index contributed by atoms with van der Waals surface area (Å²) in [4.78, 5) is 11.0. The van der Waals surface area contributed by atoms with Gasteiger partial charge in [-0.15, -0.1) is 0 Å². The predicted octanol–water partition coefficient (Wildman–Crippen LogP) is 2.29. The Kier molecular flexibility index (Phi) is 3.83. The molecule has 0 spiro atoms. The molecule has 0 bridgehead atoms. The minimum Gasteiger partial charge on any atom is -0.479 e. The highest BCUT2D eigenvalue weighted by Crippen LogP contribution is 2.33. The molecule has 0 heterocycles. The fourth-order valence-electron chi connectivity index (χ4n) is 1.75. The van der Waals surface area contributed by atoms with Crippen molar-refractivity contribution in [2.24, 2.45) is 0 Å². The van der Waals surface area contributed by atoms with Crippen LogP contribution in [0.15, 0.2) is 18.2 Å². The maximum atomic E-state index is 13.5. The molecule has 5 heteroatoms. The van der Waals surface area contributed by atoms with E-state index in [0.717, 1.165) is 6.07 Å². The summed E-state index contributed by atoms with van der Waals surface area (Å²) in [5.74, 6) is -4.66. The lowest BCUT2D eigenvalue weighted by Crippen LogP contribution is -2.43. The van der Waals surface area contributed by atoms with Crippen LogP contribution in [0.2, 0.25) is 0 Å². The first-order valence-electron chi connectivity index (χ1n) is 5.24. The zero-order valence-corrected chi connectivity index (χ0v) is 9.58. The van der Waals surface area contributed by atoms with Gasteiger partial charge in [0, 0.05) is 5.92 Å². The molecule has 0 fully saturated rings. The number of hydrogen-bond donors (Lipinski definition) is 2. The van der Waals surface area contributed by atoms with Gasteiger partial charge in [0.05, 0.1) is 0 Å². The zero-order chi connectivity index (χ0) is 13.2. The van der Waals surface area contributed by atoms with Crippen LogP contribution in [-0.2, 0) is 4.79 Å². The molecule has 1 aromatic carbocycles. The maximum absolute atomic E-state index is 13.5. The van der Waals surface area contributed by atoms with Crippen LogP contribution in [0.25, 0.3) is 0 Å². The topological polar surface area (TPSA) is 57.5 Å². The van der Waals surface area contributed by atoms with Crippen molar-refractivity contribution in [2.45, 2.75) is 31.8 Å². The van der Waals surface area contributed by atoms with Crippen LogP contribution in [0.4, 0.5) is 8.78 Å². The van der Waals surface area contributed by atoms with Gasteiger partial charge < -0.3 is 10.2 Å². The smallest absolute Gasteiger partial charge is 0.336 e. The Labute approximate surface area is 97.7 Å². The molecule has 0 radical (unpaired) electrons. The lowest BCUT2D eigenvalue weighted by Gasteiger charge is -2.29. The first kappa shape index (κ1) is 13.6. The SMILES string of the molecule is CCC(O)(C(=O)O)C(C)c1cccc(F)c1F. The van der Waals surface area contributed by atoms with Crippen LogP contribution >= 0.6 is 0 Å². The Balaban J connectivity index is 3.24. The molecule has 0 aromatic heterocycles. The second kappa shape index (κ2) is 4.79. The summed E-state index contributed by atoms with van der Waals surface area (Å²) in [6, 6.07) is 3.49. The number of rotatable bonds is 4. The third-order valence-electron chi connectivity index (χ3n) is 3.07. The van der Waals surface area contributed by atoms with Crippen molar-refractivity contribution in [3.63, 3.8) is 0 Å². The van der Waals surface area contributed by atoms with E-state index in [2.05, 4.69) is 0 Å². The first-order chi connectivity index (χ1) is 7.84. The van der Waals surface area contributed by atoms with E-state index in [1.165, 1.54) is 26.0 Å². The van der Waals surface area contributed by atoms with Crippen molar-refractivity contribution < 1.29 is 23.8 Å². The van der Waals surface area contributed by atoms with Gasteiger partial charge >= 0.3 is 5.97 Å². The minimum atomic E-state index is -2.10. The monoisotopic (exact) mass is 244 g/mol. The number of aliphatic hydroxyl groups is 1. The van der Waals surface area contributed by atoms with E-state index in [4.69, 9.17) is 5.11 Å². The van der Waals surface area contributed by atoms with Crippen LogP contribution in [0.1, 0.15) is 31.7 Å². The average molecular weight is 244 g/mol. The van der Waals surface area contributed by atoms with Gasteiger partial charge in [0.25, 0.3) is 0 Å². The Bertz CT molecular complexity index is 434. The molecule has 0 saturated heterocycles. The third-order valence-corrected chi connectivity index (χ3v) is 3.07. The van der Waals surface area contributed by atoms with Gasteiger partial charge in [-0.25, -0.2) is 13.6 Å². The van der Waals surface area contributed by atoms with E-state index in [1.54, 1.807) is 0 Å². The molecule has 2 atom stereocenters. The number of hydrogen-bond acceptors (Lipinski definition) is 2. The van der Waals surface area contributed by atoms with Gasteiger partial charge in [0.15, 0.2) is 17.2 Å². The molecule has 0 amide bonds. The lowest BCUT2D eigenvalue weighted by atomic mass is 9.81. The van der Waals surface area contributed by atoms with Gasteiger partial charge in [-0.2, -0.15) is 0 Å². The van der Waals surface area contributed by atoms with Crippen molar-refractivity contribution in [1.29, 1.82) is 0 Å². The predicted molar refractivity (Wildman–Crippen MR) is 57.6 cm³/mol. The summed E-state index contributed by atoms with van der Waals surface area (Å²) >= 11 is 0. The first-order valence-corrected chi connectivity index (χ1v) is 5.24. The molecule has 17 heavy (non-hydrogen) atoms.